The van der Waals surface area contributed by atoms with Gasteiger partial charge in [-0.05, 0) is 57.7 Å². The first-order valence-electron chi connectivity index (χ1n) is 11.7. The first-order valence-corrected chi connectivity index (χ1v) is 11.7. The molecule has 2 atom stereocenters. The molecule has 2 aromatic rings. The molecule has 0 bridgehead atoms. The number of ether oxygens (including phenoxy) is 2. The topological polar surface area (TPSA) is 112 Å². The van der Waals surface area contributed by atoms with Crippen molar-refractivity contribution < 1.29 is 23.9 Å². The number of carbonyl (C=O) groups excluding carboxylic acids is 3. The van der Waals surface area contributed by atoms with E-state index >= 15 is 0 Å². The largest absolute Gasteiger partial charge is 0.444 e. The predicted octanol–water partition coefficient (Wildman–Crippen LogP) is 1.89. The van der Waals surface area contributed by atoms with Crippen molar-refractivity contribution in [2.45, 2.75) is 64.2 Å². The lowest BCUT2D eigenvalue weighted by Crippen LogP contribution is -2.47. The van der Waals surface area contributed by atoms with E-state index in [-0.39, 0.29) is 30.2 Å². The van der Waals surface area contributed by atoms with Gasteiger partial charge in [0.15, 0.2) is 0 Å². The van der Waals surface area contributed by atoms with E-state index < -0.39 is 17.6 Å². The molecule has 10 nitrogen and oxygen atoms in total. The third-order valence-corrected chi connectivity index (χ3v) is 6.22. The van der Waals surface area contributed by atoms with Crippen LogP contribution in [0.4, 0.5) is 4.79 Å². The number of aryl methyl sites for hydroxylation is 2. The smallest absolute Gasteiger partial charge is 0.410 e. The Morgan fingerprint density at radius 2 is 1.97 bits per heavy atom. The summed E-state index contributed by atoms with van der Waals surface area (Å²) >= 11 is 0. The van der Waals surface area contributed by atoms with Crippen molar-refractivity contribution in [2.75, 3.05) is 19.7 Å². The Balaban J connectivity index is 1.46. The molecule has 34 heavy (non-hydrogen) atoms. The Bertz CT molecular complexity index is 1170. The number of aromatic nitrogens is 2. The van der Waals surface area contributed by atoms with Gasteiger partial charge in [-0.25, -0.2) is 9.59 Å². The Kier molecular flexibility index (Phi) is 6.53. The molecule has 2 aliphatic rings. The van der Waals surface area contributed by atoms with E-state index in [2.05, 4.69) is 5.32 Å². The average Bonchev–Trinajstić information content (AvgIpc) is 3.01. The maximum atomic E-state index is 12.9. The van der Waals surface area contributed by atoms with Gasteiger partial charge in [0, 0.05) is 20.0 Å². The van der Waals surface area contributed by atoms with Gasteiger partial charge >= 0.3 is 11.8 Å². The van der Waals surface area contributed by atoms with Crippen LogP contribution in [0.15, 0.2) is 23.0 Å². The van der Waals surface area contributed by atoms with E-state index in [0.29, 0.717) is 44.5 Å². The van der Waals surface area contributed by atoms with E-state index in [9.17, 15) is 19.2 Å². The zero-order valence-electron chi connectivity index (χ0n) is 20.1. The summed E-state index contributed by atoms with van der Waals surface area (Å²) in [4.78, 5) is 50.9. The fraction of sp³-hybridized carbons (Fsp3) is 0.583. The average molecular weight is 473 g/mol. The number of imide groups is 1. The van der Waals surface area contributed by atoms with Crippen LogP contribution in [-0.4, -0.2) is 63.3 Å². The minimum atomic E-state index is -0.700. The van der Waals surface area contributed by atoms with Gasteiger partial charge < -0.3 is 14.4 Å². The van der Waals surface area contributed by atoms with Crippen LogP contribution in [0.2, 0.25) is 0 Å². The lowest BCUT2D eigenvalue weighted by atomic mass is 10.0. The second-order valence-electron chi connectivity index (χ2n) is 9.96. The summed E-state index contributed by atoms with van der Waals surface area (Å²) in [5.41, 5.74) is 1.59. The Labute approximate surface area is 197 Å². The second-order valence-corrected chi connectivity index (χ2v) is 9.96. The van der Waals surface area contributed by atoms with Crippen LogP contribution in [0, 0.1) is 0 Å². The van der Waals surface area contributed by atoms with Gasteiger partial charge in [-0.2, -0.15) is 0 Å². The molecule has 4 rings (SSSR count). The van der Waals surface area contributed by atoms with E-state index in [1.165, 1.54) is 9.13 Å². The van der Waals surface area contributed by atoms with Crippen LogP contribution in [0.5, 0.6) is 0 Å². The molecular weight excluding hydrogens is 440 g/mol. The number of carbonyl (C=O) groups is 3. The highest BCUT2D eigenvalue weighted by Crippen LogP contribution is 2.24. The number of benzene rings is 1. The molecule has 2 aliphatic heterocycles. The van der Waals surface area contributed by atoms with Crippen LogP contribution < -0.4 is 11.0 Å². The number of hydrogen-bond acceptors (Lipinski definition) is 6. The van der Waals surface area contributed by atoms with Crippen molar-refractivity contribution in [3.63, 3.8) is 0 Å². The number of amides is 3. The van der Waals surface area contributed by atoms with Gasteiger partial charge in [-0.1, -0.05) is 6.07 Å². The third-order valence-electron chi connectivity index (χ3n) is 6.22. The summed E-state index contributed by atoms with van der Waals surface area (Å²) in [5.74, 6) is -0.758. The van der Waals surface area contributed by atoms with E-state index in [4.69, 9.17) is 9.47 Å². The summed E-state index contributed by atoms with van der Waals surface area (Å²) in [5, 5.41) is 2.32. The summed E-state index contributed by atoms with van der Waals surface area (Å²) < 4.78 is 14.3. The molecule has 1 unspecified atom stereocenters. The van der Waals surface area contributed by atoms with Crippen LogP contribution in [-0.2, 0) is 32.5 Å². The monoisotopic (exact) mass is 472 g/mol. The summed E-state index contributed by atoms with van der Waals surface area (Å²) in [6.07, 6.45) is 1.51. The summed E-state index contributed by atoms with van der Waals surface area (Å²) in [6.45, 7) is 6.99. The molecule has 2 fully saturated rings. The highest BCUT2D eigenvalue weighted by molar-refractivity contribution is 6.00. The van der Waals surface area contributed by atoms with Gasteiger partial charge in [-0.3, -0.25) is 24.0 Å². The molecule has 0 spiro atoms. The van der Waals surface area contributed by atoms with E-state index in [1.54, 1.807) is 11.9 Å². The molecule has 1 aromatic carbocycles. The zero-order valence-corrected chi connectivity index (χ0v) is 20.1. The fourth-order valence-corrected chi connectivity index (χ4v) is 4.51. The molecule has 3 heterocycles. The van der Waals surface area contributed by atoms with Crippen LogP contribution >= 0.6 is 0 Å². The highest BCUT2D eigenvalue weighted by Gasteiger charge is 2.31. The molecule has 1 aromatic heterocycles. The summed E-state index contributed by atoms with van der Waals surface area (Å²) in [7, 11) is 1.68. The highest BCUT2D eigenvalue weighted by atomic mass is 16.6. The number of rotatable bonds is 4. The Hall–Kier alpha value is -3.14. The zero-order chi connectivity index (χ0) is 24.6. The first-order chi connectivity index (χ1) is 16.0. The molecule has 10 heteroatoms. The Morgan fingerprint density at radius 1 is 1.21 bits per heavy atom. The van der Waals surface area contributed by atoms with Crippen LogP contribution in [0.25, 0.3) is 11.0 Å². The molecule has 0 saturated carbocycles. The lowest BCUT2D eigenvalue weighted by Gasteiger charge is -2.34. The van der Waals surface area contributed by atoms with Crippen molar-refractivity contribution in [2.24, 2.45) is 7.05 Å². The normalized spacial score (nSPS) is 21.6. The van der Waals surface area contributed by atoms with Gasteiger partial charge in [0.2, 0.25) is 11.8 Å². The minimum Gasteiger partial charge on any atom is -0.444 e. The van der Waals surface area contributed by atoms with Gasteiger partial charge in [-0.15, -0.1) is 0 Å². The quantitative estimate of drug-likeness (QED) is 0.680. The van der Waals surface area contributed by atoms with Crippen molar-refractivity contribution in [1.82, 2.24) is 19.4 Å². The number of piperidine rings is 1. The molecule has 0 radical (unpaired) electrons. The third kappa shape index (κ3) is 5.01. The fourth-order valence-electron chi connectivity index (χ4n) is 4.51. The lowest BCUT2D eigenvalue weighted by molar-refractivity contribution is -0.135. The van der Waals surface area contributed by atoms with Gasteiger partial charge in [0.25, 0.3) is 0 Å². The molecule has 0 aliphatic carbocycles. The van der Waals surface area contributed by atoms with Gasteiger partial charge in [0.05, 0.1) is 30.3 Å². The number of nitrogens with one attached hydrogen (secondary N) is 1. The summed E-state index contributed by atoms with van der Waals surface area (Å²) in [6, 6.07) is 5.05. The minimum absolute atomic E-state index is 0.103. The number of imidazole rings is 1. The SMILES string of the molecule is Cn1c(=O)n(C2CCC(=O)NC2=O)c2ccc(CC[C@H]3CN(C(=O)OC(C)(C)C)CCO3)cc21. The molecule has 1 N–H and O–H groups in total. The molecule has 2 saturated heterocycles. The number of nitrogens with zero attached hydrogens (tertiary/aromatic N) is 3. The maximum Gasteiger partial charge on any atom is 0.410 e. The maximum absolute atomic E-state index is 12.9. The van der Waals surface area contributed by atoms with Crippen LogP contribution in [0.1, 0.15) is 51.6 Å². The Morgan fingerprint density at radius 3 is 2.68 bits per heavy atom. The molecule has 3 amide bonds. The van der Waals surface area contributed by atoms with Gasteiger partial charge in [0.1, 0.15) is 11.6 Å². The van der Waals surface area contributed by atoms with Crippen molar-refractivity contribution in [1.29, 1.82) is 0 Å². The van der Waals surface area contributed by atoms with Crippen molar-refractivity contribution in [3.05, 3.63) is 34.2 Å². The molecule has 184 valence electrons. The molecular formula is C24H32N4O6. The number of morpholine rings is 1. The first kappa shape index (κ1) is 24.0. The second kappa shape index (κ2) is 9.25. The van der Waals surface area contributed by atoms with Crippen molar-refractivity contribution in [3.8, 4) is 0 Å². The number of hydrogen-bond donors (Lipinski definition) is 1. The van der Waals surface area contributed by atoms with E-state index in [1.807, 2.05) is 39.0 Å². The predicted molar refractivity (Wildman–Crippen MR) is 124 cm³/mol. The van der Waals surface area contributed by atoms with Crippen LogP contribution in [0.3, 0.4) is 0 Å². The number of fused-ring (bicyclic) bond motifs is 1. The van der Waals surface area contributed by atoms with Crippen molar-refractivity contribution >= 4 is 28.9 Å². The van der Waals surface area contributed by atoms with E-state index in [0.717, 1.165) is 11.1 Å². The standard InChI is InChI=1S/C24H32N4O6/c1-24(2,3)34-23(32)27-11-12-33-16(14-27)7-5-15-6-8-17-19(13-15)26(4)22(31)28(17)18-9-10-20(29)25-21(18)30/h6,8,13,16,18H,5,7,9-12,14H2,1-4H3,(H,25,29,30)/t16-,18?/m0/s1.